The van der Waals surface area contributed by atoms with E-state index in [0.717, 1.165) is 6.07 Å². The summed E-state index contributed by atoms with van der Waals surface area (Å²) in [6, 6.07) is 3.94. The lowest BCUT2D eigenvalue weighted by atomic mass is 10.0. The highest BCUT2D eigenvalue weighted by Gasteiger charge is 2.22. The molecule has 0 spiro atoms. The van der Waals surface area contributed by atoms with Crippen LogP contribution in [0.1, 0.15) is 15.9 Å². The summed E-state index contributed by atoms with van der Waals surface area (Å²) in [5, 5.41) is 0.0265. The molecule has 0 atom stereocenters. The molecule has 2 rings (SSSR count). The number of methoxy groups -OCH3 is 1. The first-order valence-electron chi connectivity index (χ1n) is 5.58. The maximum Gasteiger partial charge on any atom is 0.197 e. The van der Waals surface area contributed by atoms with Gasteiger partial charge in [-0.1, -0.05) is 23.2 Å². The van der Waals surface area contributed by atoms with Crippen molar-refractivity contribution in [1.82, 2.24) is 0 Å². The molecule has 7 heteroatoms. The predicted molar refractivity (Wildman–Crippen MR) is 72.8 cm³/mol. The van der Waals surface area contributed by atoms with E-state index in [-0.39, 0.29) is 21.4 Å². The van der Waals surface area contributed by atoms with Crippen molar-refractivity contribution in [3.05, 3.63) is 62.9 Å². The highest BCUT2D eigenvalue weighted by Crippen LogP contribution is 2.32. The fourth-order valence-corrected chi connectivity index (χ4v) is 2.19. The molecule has 21 heavy (non-hydrogen) atoms. The summed E-state index contributed by atoms with van der Waals surface area (Å²) in [7, 11) is 1.36. The summed E-state index contributed by atoms with van der Waals surface area (Å²) in [5.74, 6) is -5.38. The molecule has 0 saturated carbocycles. The molecule has 0 aliphatic heterocycles. The lowest BCUT2D eigenvalue weighted by Crippen LogP contribution is -2.08. The molecular formula is C14H7Cl2F3O2. The molecule has 0 bridgehead atoms. The number of hydrogen-bond acceptors (Lipinski definition) is 2. The molecule has 2 aromatic rings. The first-order valence-corrected chi connectivity index (χ1v) is 6.33. The summed E-state index contributed by atoms with van der Waals surface area (Å²) in [4.78, 5) is 12.2. The number of halogens is 5. The van der Waals surface area contributed by atoms with Gasteiger partial charge in [0.1, 0.15) is 5.75 Å². The van der Waals surface area contributed by atoms with Crippen molar-refractivity contribution in [3.8, 4) is 5.75 Å². The Morgan fingerprint density at radius 1 is 1.00 bits per heavy atom. The second-order valence-electron chi connectivity index (χ2n) is 4.02. The van der Waals surface area contributed by atoms with Crippen LogP contribution in [0.25, 0.3) is 0 Å². The molecule has 0 amide bonds. The van der Waals surface area contributed by atoms with Gasteiger partial charge in [0.25, 0.3) is 0 Å². The Morgan fingerprint density at radius 2 is 1.67 bits per heavy atom. The second-order valence-corrected chi connectivity index (χ2v) is 4.83. The number of ether oxygens (including phenoxy) is 1. The highest BCUT2D eigenvalue weighted by atomic mass is 35.5. The molecular weight excluding hydrogens is 328 g/mol. The van der Waals surface area contributed by atoms with Crippen LogP contribution in [0.5, 0.6) is 5.75 Å². The van der Waals surface area contributed by atoms with Gasteiger partial charge in [-0.15, -0.1) is 0 Å². The number of hydrogen-bond donors (Lipinski definition) is 0. The third-order valence-electron chi connectivity index (χ3n) is 2.77. The topological polar surface area (TPSA) is 26.3 Å². The van der Waals surface area contributed by atoms with Crippen LogP contribution in [-0.4, -0.2) is 12.9 Å². The van der Waals surface area contributed by atoms with Crippen LogP contribution >= 0.6 is 23.2 Å². The molecule has 2 aromatic carbocycles. The van der Waals surface area contributed by atoms with Crippen molar-refractivity contribution in [1.29, 1.82) is 0 Å². The summed E-state index contributed by atoms with van der Waals surface area (Å²) < 4.78 is 44.6. The van der Waals surface area contributed by atoms with Crippen LogP contribution in [0.2, 0.25) is 10.0 Å². The van der Waals surface area contributed by atoms with Gasteiger partial charge in [0.15, 0.2) is 23.2 Å². The average Bonchev–Trinajstić information content (AvgIpc) is 2.46. The van der Waals surface area contributed by atoms with Gasteiger partial charge in [-0.2, -0.15) is 0 Å². The largest absolute Gasteiger partial charge is 0.495 e. The summed E-state index contributed by atoms with van der Waals surface area (Å²) in [6.07, 6.45) is 0. The number of ketones is 1. The van der Waals surface area contributed by atoms with Crippen LogP contribution in [0.3, 0.4) is 0 Å². The van der Waals surface area contributed by atoms with Crippen LogP contribution in [-0.2, 0) is 0 Å². The lowest BCUT2D eigenvalue weighted by molar-refractivity contribution is 0.103. The molecule has 0 unspecified atom stereocenters. The van der Waals surface area contributed by atoms with E-state index in [4.69, 9.17) is 27.9 Å². The number of benzene rings is 2. The van der Waals surface area contributed by atoms with Gasteiger partial charge >= 0.3 is 0 Å². The van der Waals surface area contributed by atoms with Crippen molar-refractivity contribution >= 4 is 29.0 Å². The SMILES string of the molecule is COc1cc(Cl)c(C(=O)c2ccc(F)c(F)c2F)cc1Cl. The van der Waals surface area contributed by atoms with E-state index in [9.17, 15) is 18.0 Å². The van der Waals surface area contributed by atoms with Gasteiger partial charge in [0, 0.05) is 11.6 Å². The zero-order valence-electron chi connectivity index (χ0n) is 10.5. The van der Waals surface area contributed by atoms with Gasteiger partial charge in [-0.3, -0.25) is 4.79 Å². The zero-order chi connectivity index (χ0) is 15.7. The smallest absolute Gasteiger partial charge is 0.197 e. The number of carbonyl (C=O) groups is 1. The quantitative estimate of drug-likeness (QED) is 0.603. The molecule has 0 aliphatic rings. The monoisotopic (exact) mass is 334 g/mol. The Morgan fingerprint density at radius 3 is 2.29 bits per heavy atom. The molecule has 0 aromatic heterocycles. The third kappa shape index (κ3) is 2.84. The van der Waals surface area contributed by atoms with E-state index < -0.39 is 28.8 Å². The van der Waals surface area contributed by atoms with E-state index >= 15 is 0 Å². The Labute approximate surface area is 128 Å². The molecule has 110 valence electrons. The van der Waals surface area contributed by atoms with Crippen molar-refractivity contribution in [3.63, 3.8) is 0 Å². The summed E-state index contributed by atoms with van der Waals surface area (Å²) in [5.41, 5.74) is -0.788. The van der Waals surface area contributed by atoms with Gasteiger partial charge in [0.05, 0.1) is 22.7 Å². The predicted octanol–water partition coefficient (Wildman–Crippen LogP) is 4.65. The molecule has 2 nitrogen and oxygen atoms in total. The zero-order valence-corrected chi connectivity index (χ0v) is 12.0. The van der Waals surface area contributed by atoms with E-state index in [0.29, 0.717) is 6.07 Å². The molecule has 0 radical (unpaired) electrons. The Kier molecular flexibility index (Phi) is 4.44. The summed E-state index contributed by atoms with van der Waals surface area (Å²) >= 11 is 11.8. The highest BCUT2D eigenvalue weighted by molar-refractivity contribution is 6.37. The fraction of sp³-hybridized carbons (Fsp3) is 0.0714. The van der Waals surface area contributed by atoms with Crippen LogP contribution < -0.4 is 4.74 Å². The Hall–Kier alpha value is -1.72. The normalized spacial score (nSPS) is 10.6. The molecule has 0 heterocycles. The first kappa shape index (κ1) is 15.7. The Balaban J connectivity index is 2.56. The minimum absolute atomic E-state index is 0.0506. The molecule has 0 aliphatic carbocycles. The molecule has 0 N–H and O–H groups in total. The van der Waals surface area contributed by atoms with E-state index in [1.54, 1.807) is 0 Å². The second kappa shape index (κ2) is 5.95. The summed E-state index contributed by atoms with van der Waals surface area (Å²) in [6.45, 7) is 0. The Bertz CT molecular complexity index is 733. The van der Waals surface area contributed by atoms with Gasteiger partial charge < -0.3 is 4.74 Å². The first-order chi connectivity index (χ1) is 9.86. The van der Waals surface area contributed by atoms with Crippen molar-refractivity contribution in [2.45, 2.75) is 0 Å². The van der Waals surface area contributed by atoms with E-state index in [2.05, 4.69) is 0 Å². The molecule has 0 fully saturated rings. The third-order valence-corrected chi connectivity index (χ3v) is 3.37. The van der Waals surface area contributed by atoms with Crippen molar-refractivity contribution in [2.75, 3.05) is 7.11 Å². The van der Waals surface area contributed by atoms with Crippen LogP contribution in [0.15, 0.2) is 24.3 Å². The minimum Gasteiger partial charge on any atom is -0.495 e. The standard InChI is InChI=1S/C14H7Cl2F3O2/c1-21-11-5-8(15)7(4-9(11)16)14(20)6-2-3-10(17)13(19)12(6)18/h2-5H,1H3. The number of carbonyl (C=O) groups excluding carboxylic acids is 1. The number of rotatable bonds is 3. The molecule has 0 saturated heterocycles. The maximum atomic E-state index is 13.6. The maximum absolute atomic E-state index is 13.6. The average molecular weight is 335 g/mol. The van der Waals surface area contributed by atoms with Gasteiger partial charge in [0.2, 0.25) is 0 Å². The van der Waals surface area contributed by atoms with E-state index in [1.807, 2.05) is 0 Å². The minimum atomic E-state index is -1.73. The van der Waals surface area contributed by atoms with Crippen LogP contribution in [0.4, 0.5) is 13.2 Å². The van der Waals surface area contributed by atoms with Crippen molar-refractivity contribution < 1.29 is 22.7 Å². The van der Waals surface area contributed by atoms with Crippen LogP contribution in [0, 0.1) is 17.5 Å². The van der Waals surface area contributed by atoms with Gasteiger partial charge in [-0.05, 0) is 18.2 Å². The fourth-order valence-electron chi connectivity index (χ4n) is 1.71. The lowest BCUT2D eigenvalue weighted by Gasteiger charge is -2.09. The van der Waals surface area contributed by atoms with Crippen molar-refractivity contribution in [2.24, 2.45) is 0 Å². The van der Waals surface area contributed by atoms with E-state index in [1.165, 1.54) is 19.2 Å². The van der Waals surface area contributed by atoms with Gasteiger partial charge in [-0.25, -0.2) is 13.2 Å².